The van der Waals surface area contributed by atoms with Crippen molar-refractivity contribution in [3.63, 3.8) is 0 Å². The monoisotopic (exact) mass is 366 g/mol. The molecule has 27 heavy (non-hydrogen) atoms. The highest BCUT2D eigenvalue weighted by atomic mass is 16.5. The molecule has 3 rings (SSSR count). The average molecular weight is 366 g/mol. The van der Waals surface area contributed by atoms with Gasteiger partial charge in [-0.1, -0.05) is 12.1 Å². The lowest BCUT2D eigenvalue weighted by Crippen LogP contribution is -2.19. The van der Waals surface area contributed by atoms with Gasteiger partial charge >= 0.3 is 0 Å². The van der Waals surface area contributed by atoms with Gasteiger partial charge in [0, 0.05) is 5.69 Å². The largest absolute Gasteiger partial charge is 0.497 e. The summed E-state index contributed by atoms with van der Waals surface area (Å²) in [7, 11) is 3.07. The van der Waals surface area contributed by atoms with Crippen molar-refractivity contribution in [2.75, 3.05) is 24.9 Å². The molecule has 3 aromatic rings. The summed E-state index contributed by atoms with van der Waals surface area (Å²) in [6, 6.07) is 13.8. The number of nitrogens with zero attached hydrogens (tertiary/aromatic N) is 1. The standard InChI is InChI=1S/C19H18N4O4/c1-26-13-9-7-12(8-10-13)21-18(24)14-11-20-23-17(14)19(25)22-15-5-3-4-6-16(15)27-2/h3-11H,1-2H3,(H,20,23)(H,21,24)(H,22,25). The maximum absolute atomic E-state index is 12.6. The number of amides is 2. The number of anilines is 2. The van der Waals surface area contributed by atoms with Crippen molar-refractivity contribution in [1.82, 2.24) is 10.2 Å². The van der Waals surface area contributed by atoms with Crippen molar-refractivity contribution in [1.29, 1.82) is 0 Å². The molecule has 8 nitrogen and oxygen atoms in total. The van der Waals surface area contributed by atoms with Gasteiger partial charge in [-0.2, -0.15) is 5.10 Å². The molecule has 0 saturated heterocycles. The Balaban J connectivity index is 1.76. The second-order valence-electron chi connectivity index (χ2n) is 5.50. The number of carbonyl (C=O) groups is 2. The van der Waals surface area contributed by atoms with Crippen molar-refractivity contribution in [3.8, 4) is 11.5 Å². The van der Waals surface area contributed by atoms with Crippen molar-refractivity contribution in [2.45, 2.75) is 0 Å². The van der Waals surface area contributed by atoms with Crippen molar-refractivity contribution in [2.24, 2.45) is 0 Å². The van der Waals surface area contributed by atoms with Crippen LogP contribution >= 0.6 is 0 Å². The Hall–Kier alpha value is -3.81. The van der Waals surface area contributed by atoms with Gasteiger partial charge in [0.25, 0.3) is 11.8 Å². The molecule has 0 spiro atoms. The van der Waals surface area contributed by atoms with Gasteiger partial charge in [-0.25, -0.2) is 0 Å². The van der Waals surface area contributed by atoms with Gasteiger partial charge in [-0.3, -0.25) is 14.7 Å². The predicted molar refractivity (Wildman–Crippen MR) is 100 cm³/mol. The number of hydrogen-bond donors (Lipinski definition) is 3. The Morgan fingerprint density at radius 2 is 1.67 bits per heavy atom. The van der Waals surface area contributed by atoms with Crippen LogP contribution in [0.25, 0.3) is 0 Å². The Bertz CT molecular complexity index is 950. The number of aromatic amines is 1. The maximum atomic E-state index is 12.6. The molecule has 1 aromatic heterocycles. The van der Waals surface area contributed by atoms with Crippen LogP contribution in [-0.4, -0.2) is 36.2 Å². The fourth-order valence-corrected chi connectivity index (χ4v) is 2.44. The van der Waals surface area contributed by atoms with E-state index in [0.29, 0.717) is 22.9 Å². The lowest BCUT2D eigenvalue weighted by Gasteiger charge is -2.10. The van der Waals surface area contributed by atoms with Crippen LogP contribution in [0.4, 0.5) is 11.4 Å². The lowest BCUT2D eigenvalue weighted by atomic mass is 10.2. The number of carbonyl (C=O) groups excluding carboxylic acids is 2. The van der Waals surface area contributed by atoms with E-state index in [1.165, 1.54) is 13.3 Å². The van der Waals surface area contributed by atoms with Crippen LogP contribution in [0.3, 0.4) is 0 Å². The second kappa shape index (κ2) is 8.05. The van der Waals surface area contributed by atoms with E-state index in [4.69, 9.17) is 9.47 Å². The van der Waals surface area contributed by atoms with Gasteiger partial charge in [0.15, 0.2) is 0 Å². The van der Waals surface area contributed by atoms with Crippen molar-refractivity contribution < 1.29 is 19.1 Å². The number of ether oxygens (including phenoxy) is 2. The first-order valence-electron chi connectivity index (χ1n) is 8.05. The minimum Gasteiger partial charge on any atom is -0.497 e. The van der Waals surface area contributed by atoms with E-state index in [0.717, 1.165) is 0 Å². The molecule has 0 bridgehead atoms. The molecule has 0 aliphatic carbocycles. The number of hydrogen-bond acceptors (Lipinski definition) is 5. The Labute approximate surface area is 155 Å². The van der Waals surface area contributed by atoms with Crippen LogP contribution in [0.15, 0.2) is 54.7 Å². The summed E-state index contributed by atoms with van der Waals surface area (Å²) in [6.45, 7) is 0. The Morgan fingerprint density at radius 1 is 0.926 bits per heavy atom. The number of methoxy groups -OCH3 is 2. The van der Waals surface area contributed by atoms with E-state index in [1.54, 1.807) is 55.6 Å². The first-order valence-corrected chi connectivity index (χ1v) is 8.05. The zero-order valence-corrected chi connectivity index (χ0v) is 14.8. The van der Waals surface area contributed by atoms with Crippen LogP contribution in [0.5, 0.6) is 11.5 Å². The molecular formula is C19H18N4O4. The first kappa shape index (κ1) is 18.0. The minimum atomic E-state index is -0.503. The number of aromatic nitrogens is 2. The fraction of sp³-hybridized carbons (Fsp3) is 0.105. The van der Waals surface area contributed by atoms with E-state index in [9.17, 15) is 9.59 Å². The van der Waals surface area contributed by atoms with Gasteiger partial charge in [-0.15, -0.1) is 0 Å². The molecule has 0 saturated carbocycles. The van der Waals surface area contributed by atoms with E-state index in [1.807, 2.05) is 0 Å². The number of H-pyrrole nitrogens is 1. The molecule has 2 aromatic carbocycles. The van der Waals surface area contributed by atoms with Crippen LogP contribution in [-0.2, 0) is 0 Å². The molecule has 138 valence electrons. The van der Waals surface area contributed by atoms with Crippen LogP contribution < -0.4 is 20.1 Å². The fourth-order valence-electron chi connectivity index (χ4n) is 2.44. The summed E-state index contributed by atoms with van der Waals surface area (Å²) in [6.07, 6.45) is 1.30. The highest BCUT2D eigenvalue weighted by Crippen LogP contribution is 2.24. The average Bonchev–Trinajstić information content (AvgIpc) is 3.19. The predicted octanol–water partition coefficient (Wildman–Crippen LogP) is 2.93. The molecule has 0 aliphatic rings. The number of nitrogens with one attached hydrogen (secondary N) is 3. The lowest BCUT2D eigenvalue weighted by molar-refractivity contribution is 0.0988. The summed E-state index contributed by atoms with van der Waals surface area (Å²) in [4.78, 5) is 25.1. The highest BCUT2D eigenvalue weighted by Gasteiger charge is 2.20. The second-order valence-corrected chi connectivity index (χ2v) is 5.50. The molecule has 1 heterocycles. The van der Waals surface area contributed by atoms with Crippen LogP contribution in [0.2, 0.25) is 0 Å². The van der Waals surface area contributed by atoms with Crippen LogP contribution in [0.1, 0.15) is 20.8 Å². The van der Waals surface area contributed by atoms with Gasteiger partial charge < -0.3 is 20.1 Å². The van der Waals surface area contributed by atoms with Gasteiger partial charge in [0.2, 0.25) is 0 Å². The van der Waals surface area contributed by atoms with Crippen molar-refractivity contribution >= 4 is 23.2 Å². The third-order valence-electron chi connectivity index (χ3n) is 3.81. The van der Waals surface area contributed by atoms with Gasteiger partial charge in [0.05, 0.1) is 31.7 Å². The molecular weight excluding hydrogens is 348 g/mol. The Kier molecular flexibility index (Phi) is 5.36. The maximum Gasteiger partial charge on any atom is 0.274 e. The zero-order valence-electron chi connectivity index (χ0n) is 14.8. The molecule has 0 unspecified atom stereocenters. The van der Waals surface area contributed by atoms with E-state index in [-0.39, 0.29) is 11.3 Å². The van der Waals surface area contributed by atoms with Crippen LogP contribution in [0, 0.1) is 0 Å². The number of benzene rings is 2. The van der Waals surface area contributed by atoms with E-state index in [2.05, 4.69) is 20.8 Å². The minimum absolute atomic E-state index is 0.0481. The molecule has 0 radical (unpaired) electrons. The van der Waals surface area contributed by atoms with Gasteiger partial charge in [-0.05, 0) is 36.4 Å². The summed E-state index contributed by atoms with van der Waals surface area (Å²) >= 11 is 0. The molecule has 8 heteroatoms. The molecule has 0 aliphatic heterocycles. The summed E-state index contributed by atoms with van der Waals surface area (Å²) in [5, 5.41) is 11.8. The molecule has 3 N–H and O–H groups in total. The molecule has 0 fully saturated rings. The summed E-state index contributed by atoms with van der Waals surface area (Å²) in [5.74, 6) is 0.221. The van der Waals surface area contributed by atoms with E-state index < -0.39 is 11.8 Å². The first-order chi connectivity index (χ1) is 13.1. The third-order valence-corrected chi connectivity index (χ3v) is 3.81. The Morgan fingerprint density at radius 3 is 2.37 bits per heavy atom. The summed E-state index contributed by atoms with van der Waals surface area (Å²) < 4.78 is 10.3. The number of para-hydroxylation sites is 2. The zero-order chi connectivity index (χ0) is 19.2. The molecule has 2 amide bonds. The topological polar surface area (TPSA) is 105 Å². The summed E-state index contributed by atoms with van der Waals surface area (Å²) in [5.41, 5.74) is 1.23. The SMILES string of the molecule is COc1ccc(NC(=O)c2cn[nH]c2C(=O)Nc2ccccc2OC)cc1. The third kappa shape index (κ3) is 4.06. The van der Waals surface area contributed by atoms with E-state index >= 15 is 0 Å². The molecule has 0 atom stereocenters. The normalized spacial score (nSPS) is 10.1. The quantitative estimate of drug-likeness (QED) is 0.622. The number of rotatable bonds is 6. The highest BCUT2D eigenvalue weighted by molar-refractivity contribution is 6.14. The smallest absolute Gasteiger partial charge is 0.274 e. The van der Waals surface area contributed by atoms with Gasteiger partial charge in [0.1, 0.15) is 17.2 Å². The van der Waals surface area contributed by atoms with Crippen molar-refractivity contribution in [3.05, 3.63) is 66.0 Å².